The Morgan fingerprint density at radius 2 is 0.912 bits per heavy atom. The van der Waals surface area contributed by atoms with E-state index in [1.807, 2.05) is 86.3 Å². The van der Waals surface area contributed by atoms with Crippen LogP contribution in [0.15, 0.2) is 66.7 Å². The highest BCUT2D eigenvalue weighted by Gasteiger charge is 2.41. The zero-order valence-electron chi connectivity index (χ0n) is 59.7. The summed E-state index contributed by atoms with van der Waals surface area (Å²) in [6.07, 6.45) is -17.5. The van der Waals surface area contributed by atoms with E-state index in [1.54, 1.807) is 0 Å². The number of unbranched alkanes of at least 4 members (excludes halogenated alkanes) is 1. The Hall–Kier alpha value is -11.0. The van der Waals surface area contributed by atoms with E-state index in [-0.39, 0.29) is 75.8 Å². The molecule has 2 aliphatic rings. The van der Waals surface area contributed by atoms with Gasteiger partial charge in [-0.25, -0.2) is 33.6 Å². The molecule has 1 heterocycles. The first-order valence-corrected chi connectivity index (χ1v) is 33.9. The molecule has 0 bridgehead atoms. The number of aliphatic carboxylic acids is 7. The van der Waals surface area contributed by atoms with Crippen molar-refractivity contribution >= 4 is 117 Å². The topological polar surface area (TPSA) is 570 Å². The lowest BCUT2D eigenvalue weighted by molar-refractivity contribution is -0.193. The minimum Gasteiger partial charge on any atom is -0.481 e. The van der Waals surface area contributed by atoms with Crippen molar-refractivity contribution in [2.24, 2.45) is 34.8 Å². The van der Waals surface area contributed by atoms with Gasteiger partial charge < -0.3 is 90.6 Å². The average molecular weight is 1660 g/mol. The molecular formula is C65H86F12N14O21S. The predicted octanol–water partition coefficient (Wildman–Crippen LogP) is 1.62. The number of nitrogens with two attached hydrogens (primary N) is 4. The van der Waals surface area contributed by atoms with Crippen molar-refractivity contribution in [3.05, 3.63) is 77.9 Å². The minimum absolute atomic E-state index is 0.0270. The molecule has 0 radical (unpaired) electrons. The minimum atomic E-state index is -5.08. The SMILES string of the molecule is NC(=O)CN1CCN(CC(N)=O)CCN(CC(N)=O)C(Cc2ccc(NC(=S)NCC3CCC(C(=O)N[C@@H](Cc4ccc5ccccc5c4)C(=O)NCCCC[C@H](NC(=O)N[C@@H](CCC(=O)O)C(=O)O)C(=O)O)CC3)cc2)CN(CC(N)=O)CC1.O=C(O)C(F)(F)F.O=C(O)C(F)(F)F.O=C(O)C(F)(F)F.O=C(O)C(F)(F)F. The fourth-order valence-corrected chi connectivity index (χ4v) is 10.8. The monoisotopic (exact) mass is 1660 g/mol. The van der Waals surface area contributed by atoms with Crippen molar-refractivity contribution in [2.75, 3.05) is 90.4 Å². The number of carbonyl (C=O) groups excluding carboxylic acids is 7. The maximum Gasteiger partial charge on any atom is 0.490 e. The number of rotatable bonds is 30. The number of urea groups is 1. The molecule has 632 valence electrons. The highest BCUT2D eigenvalue weighted by atomic mass is 32.1. The second-order valence-corrected chi connectivity index (χ2v) is 25.4. The number of carbonyl (C=O) groups is 14. The second-order valence-electron chi connectivity index (χ2n) is 25.0. The maximum atomic E-state index is 13.9. The summed E-state index contributed by atoms with van der Waals surface area (Å²) >= 11 is 5.69. The first-order chi connectivity index (χ1) is 52.3. The maximum absolute atomic E-state index is 13.9. The molecule has 8 amide bonds. The molecule has 48 heteroatoms. The van der Waals surface area contributed by atoms with Gasteiger partial charge >= 0.3 is 72.5 Å². The average Bonchev–Trinajstić information content (AvgIpc) is 0.834. The predicted molar refractivity (Wildman–Crippen MR) is 374 cm³/mol. The van der Waals surface area contributed by atoms with Crippen LogP contribution in [0.3, 0.4) is 0 Å². The Bertz CT molecular complexity index is 3610. The summed E-state index contributed by atoms with van der Waals surface area (Å²) in [5.41, 5.74) is 25.1. The van der Waals surface area contributed by atoms with Crippen molar-refractivity contribution in [3.8, 4) is 0 Å². The number of fused-ring (bicyclic) bond motifs is 1. The fourth-order valence-electron chi connectivity index (χ4n) is 10.6. The number of primary amides is 4. The van der Waals surface area contributed by atoms with Gasteiger partial charge in [0.2, 0.25) is 35.4 Å². The van der Waals surface area contributed by atoms with Gasteiger partial charge in [-0.2, -0.15) is 52.7 Å². The molecule has 0 spiro atoms. The van der Waals surface area contributed by atoms with Crippen molar-refractivity contribution < 1.29 is 156 Å². The fraction of sp³-hybridized carbons (Fsp3) is 0.523. The van der Waals surface area contributed by atoms with Gasteiger partial charge in [-0.15, -0.1) is 0 Å². The third-order valence-electron chi connectivity index (χ3n) is 16.0. The van der Waals surface area contributed by atoms with Crippen molar-refractivity contribution in [2.45, 2.75) is 120 Å². The number of alkyl halides is 12. The number of carboxylic acid groups (broad SMARTS) is 7. The van der Waals surface area contributed by atoms with E-state index in [0.29, 0.717) is 83.2 Å². The summed E-state index contributed by atoms with van der Waals surface area (Å²) in [4.78, 5) is 166. The van der Waals surface area contributed by atoms with E-state index in [2.05, 4.69) is 31.9 Å². The van der Waals surface area contributed by atoms with Gasteiger partial charge in [-0.05, 0) is 110 Å². The van der Waals surface area contributed by atoms with Crippen LogP contribution in [-0.2, 0) is 75.2 Å². The molecule has 2 fully saturated rings. The summed E-state index contributed by atoms with van der Waals surface area (Å²) < 4.78 is 127. The molecule has 1 aliphatic heterocycles. The number of nitrogens with one attached hydrogen (secondary N) is 6. The Kier molecular flexibility index (Phi) is 43.1. The summed E-state index contributed by atoms with van der Waals surface area (Å²) in [7, 11) is 0. The first-order valence-electron chi connectivity index (χ1n) is 33.5. The van der Waals surface area contributed by atoms with E-state index in [4.69, 9.17) is 79.9 Å². The van der Waals surface area contributed by atoms with Crippen LogP contribution in [-0.4, -0.2) is 278 Å². The van der Waals surface area contributed by atoms with Crippen LogP contribution in [0.2, 0.25) is 0 Å². The van der Waals surface area contributed by atoms with Crippen LogP contribution in [0.4, 0.5) is 63.2 Å². The van der Waals surface area contributed by atoms with Crippen LogP contribution in [0.1, 0.15) is 68.9 Å². The second kappa shape index (κ2) is 48.7. The largest absolute Gasteiger partial charge is 0.490 e. The zero-order valence-corrected chi connectivity index (χ0v) is 60.5. The number of anilines is 1. The highest BCUT2D eigenvalue weighted by molar-refractivity contribution is 7.80. The number of carboxylic acids is 7. The van der Waals surface area contributed by atoms with Crippen LogP contribution >= 0.6 is 12.2 Å². The van der Waals surface area contributed by atoms with Gasteiger partial charge in [-0.3, -0.25) is 53.2 Å². The number of nitrogens with zero attached hydrogens (tertiary/aromatic N) is 4. The molecular weight excluding hydrogens is 1570 g/mol. The molecule has 1 unspecified atom stereocenters. The molecule has 1 saturated carbocycles. The Morgan fingerprint density at radius 1 is 0.487 bits per heavy atom. The van der Waals surface area contributed by atoms with Crippen molar-refractivity contribution in [1.82, 2.24) is 46.2 Å². The molecule has 35 nitrogen and oxygen atoms in total. The summed E-state index contributed by atoms with van der Waals surface area (Å²) in [6.45, 7) is 2.98. The Morgan fingerprint density at radius 3 is 1.35 bits per heavy atom. The molecule has 5 rings (SSSR count). The molecule has 3 aromatic rings. The van der Waals surface area contributed by atoms with E-state index < -0.39 is 133 Å². The van der Waals surface area contributed by atoms with Crippen molar-refractivity contribution in [1.29, 1.82) is 0 Å². The summed E-state index contributed by atoms with van der Waals surface area (Å²) in [5, 5.41) is 75.6. The molecule has 0 aromatic heterocycles. The Labute approximate surface area is 639 Å². The molecule has 4 atom stereocenters. The molecule has 3 aromatic carbocycles. The molecule has 113 heavy (non-hydrogen) atoms. The lowest BCUT2D eigenvalue weighted by Gasteiger charge is -2.38. The van der Waals surface area contributed by atoms with Crippen LogP contribution < -0.4 is 54.8 Å². The lowest BCUT2D eigenvalue weighted by atomic mass is 9.81. The number of hydrogen-bond donors (Lipinski definition) is 17. The van der Waals surface area contributed by atoms with E-state index in [9.17, 15) is 111 Å². The third kappa shape index (κ3) is 44.0. The quantitative estimate of drug-likeness (QED) is 0.0256. The summed E-state index contributed by atoms with van der Waals surface area (Å²) in [5.74, 6) is -18.1. The smallest absolute Gasteiger partial charge is 0.481 e. The van der Waals surface area contributed by atoms with E-state index in [1.165, 1.54) is 0 Å². The van der Waals surface area contributed by atoms with E-state index in [0.717, 1.165) is 40.4 Å². The highest BCUT2D eigenvalue weighted by Crippen LogP contribution is 2.29. The first kappa shape index (κ1) is 100.0. The Balaban J connectivity index is 0.00000192. The van der Waals surface area contributed by atoms with Gasteiger partial charge in [0.15, 0.2) is 5.11 Å². The lowest BCUT2D eigenvalue weighted by Crippen LogP contribution is -2.54. The van der Waals surface area contributed by atoms with Crippen molar-refractivity contribution in [3.63, 3.8) is 0 Å². The standard InChI is InChI=1S/C57H82N14O13S.4C2HF3O2/c58-47(72)32-68-21-22-69(33-48(59)73)25-26-71(35-50(61)75)43(31-70(24-23-68)34-49(60)74)28-36-11-16-42(17-12-36)64-57(85)63-30-37-8-14-40(15-9-37)52(78)65-46(29-38-10-13-39-5-1-2-6-41(39)27-38)53(79)62-20-4-3-7-44(54(80)81)66-56(84)67-45(55(82)83)18-19-51(76)77;4*3-2(4,5)1(6)7/h1-2,5-6,10-13,16-17,27,37,40,43-46H,3-4,7-9,14-15,18-26,28-35H2,(H2,58,72)(H2,59,73)(H2,60,74)(H2,61,75)(H,62,79)(H,65,78)(H,76,77)(H,80,81)(H,82,83)(H2,63,64,85)(H2,66,67,84);4*(H,6,7)/t37?,40?,43?,44-,45-,46-;;;;/m0..../s1. The number of thiocarbonyl (C=S) groups is 1. The molecule has 21 N–H and O–H groups in total. The normalized spacial score (nSPS) is 16.8. The number of benzene rings is 3. The molecule has 1 saturated heterocycles. The number of hydrogen-bond acceptors (Lipinski definition) is 19. The van der Waals surface area contributed by atoms with Gasteiger partial charge in [0.05, 0.1) is 26.2 Å². The zero-order chi connectivity index (χ0) is 86.3. The third-order valence-corrected chi connectivity index (χ3v) is 16.3. The van der Waals surface area contributed by atoms with Crippen LogP contribution in [0.25, 0.3) is 10.8 Å². The van der Waals surface area contributed by atoms with E-state index >= 15 is 0 Å². The summed E-state index contributed by atoms with van der Waals surface area (Å²) in [6, 6.07) is 15.9. The van der Waals surface area contributed by atoms with Gasteiger partial charge in [0, 0.05) is 89.4 Å². The molecule has 1 aliphatic carbocycles. The van der Waals surface area contributed by atoms with Gasteiger partial charge in [-0.1, -0.05) is 54.6 Å². The number of halogens is 12. The van der Waals surface area contributed by atoms with Crippen LogP contribution in [0.5, 0.6) is 0 Å². The van der Waals surface area contributed by atoms with Gasteiger partial charge in [0.1, 0.15) is 18.1 Å². The number of amides is 8. The van der Waals surface area contributed by atoms with Crippen LogP contribution in [0, 0.1) is 11.8 Å². The van der Waals surface area contributed by atoms with Gasteiger partial charge in [0.25, 0.3) is 0 Å².